The van der Waals surface area contributed by atoms with Gasteiger partial charge in [0.05, 0.1) is 21.7 Å². The van der Waals surface area contributed by atoms with E-state index in [0.717, 1.165) is 54.1 Å². The van der Waals surface area contributed by atoms with Gasteiger partial charge in [-0.15, -0.1) is 11.3 Å². The van der Waals surface area contributed by atoms with Crippen LogP contribution in [-0.2, 0) is 14.6 Å². The van der Waals surface area contributed by atoms with E-state index in [0.29, 0.717) is 5.75 Å². The van der Waals surface area contributed by atoms with Crippen molar-refractivity contribution in [2.75, 3.05) is 29.9 Å². The van der Waals surface area contributed by atoms with Crippen molar-refractivity contribution >= 4 is 43.0 Å². The number of sulfone groups is 1. The minimum absolute atomic E-state index is 0.0311. The van der Waals surface area contributed by atoms with Gasteiger partial charge in [0.15, 0.2) is 9.84 Å². The number of anilines is 1. The number of likely N-dealkylation sites (tertiary alicyclic amines) is 1. The largest absolute Gasteiger partial charge is 0.326 e. The van der Waals surface area contributed by atoms with Crippen LogP contribution in [0.5, 0.6) is 0 Å². The molecule has 1 amide bonds. The van der Waals surface area contributed by atoms with Crippen LogP contribution in [0.25, 0.3) is 20.8 Å². The van der Waals surface area contributed by atoms with Crippen molar-refractivity contribution in [1.29, 1.82) is 0 Å². The summed E-state index contributed by atoms with van der Waals surface area (Å²) in [5, 5.41) is 4.03. The number of hydrogen-bond acceptors (Lipinski definition) is 6. The average molecular weight is 470 g/mol. The fraction of sp³-hybridized carbons (Fsp3) is 0.417. The van der Waals surface area contributed by atoms with Crippen LogP contribution in [0, 0.1) is 12.8 Å². The van der Waals surface area contributed by atoms with Crippen molar-refractivity contribution < 1.29 is 13.2 Å². The first-order chi connectivity index (χ1) is 15.4. The predicted molar refractivity (Wildman–Crippen MR) is 130 cm³/mol. The highest BCUT2D eigenvalue weighted by Gasteiger charge is 2.35. The molecule has 3 heterocycles. The van der Waals surface area contributed by atoms with Gasteiger partial charge in [-0.2, -0.15) is 0 Å². The molecule has 0 unspecified atom stereocenters. The van der Waals surface area contributed by atoms with E-state index in [4.69, 9.17) is 4.98 Å². The number of thiazole rings is 1. The van der Waals surface area contributed by atoms with Gasteiger partial charge in [-0.05, 0) is 81.2 Å². The fourth-order valence-corrected chi connectivity index (χ4v) is 7.52. The fourth-order valence-electron chi connectivity index (χ4n) is 4.69. The third-order valence-corrected chi connectivity index (χ3v) is 9.39. The molecule has 1 N–H and O–H groups in total. The molecular weight excluding hydrogens is 442 g/mol. The van der Waals surface area contributed by atoms with Crippen molar-refractivity contribution in [1.82, 2.24) is 9.88 Å². The molecular formula is C24H27N3O3S2. The summed E-state index contributed by atoms with van der Waals surface area (Å²) in [6, 6.07) is 14.3. The molecule has 0 saturated carbocycles. The van der Waals surface area contributed by atoms with Gasteiger partial charge in [0.25, 0.3) is 0 Å². The molecule has 5 rings (SSSR count). The zero-order chi connectivity index (χ0) is 22.3. The van der Waals surface area contributed by atoms with E-state index >= 15 is 0 Å². The monoisotopic (exact) mass is 469 g/mol. The maximum Gasteiger partial charge on any atom is 0.227 e. The normalized spacial score (nSPS) is 21.7. The highest BCUT2D eigenvalue weighted by atomic mass is 32.2. The first-order valence-electron chi connectivity index (χ1n) is 11.1. The van der Waals surface area contributed by atoms with E-state index in [1.165, 1.54) is 10.3 Å². The quantitative estimate of drug-likeness (QED) is 0.622. The Labute approximate surface area is 192 Å². The molecule has 3 aromatic rings. The maximum atomic E-state index is 12.8. The van der Waals surface area contributed by atoms with Crippen LogP contribution in [0.3, 0.4) is 0 Å². The van der Waals surface area contributed by atoms with Crippen molar-refractivity contribution in [3.05, 3.63) is 48.0 Å². The Morgan fingerprint density at radius 1 is 1.09 bits per heavy atom. The van der Waals surface area contributed by atoms with Crippen molar-refractivity contribution in [3.63, 3.8) is 0 Å². The lowest BCUT2D eigenvalue weighted by atomic mass is 9.94. The summed E-state index contributed by atoms with van der Waals surface area (Å²) in [5.41, 5.74) is 4.07. The molecule has 1 atom stereocenters. The van der Waals surface area contributed by atoms with Gasteiger partial charge < -0.3 is 5.32 Å². The van der Waals surface area contributed by atoms with Crippen molar-refractivity contribution in [2.45, 2.75) is 32.2 Å². The molecule has 2 aromatic carbocycles. The highest BCUT2D eigenvalue weighted by Crippen LogP contribution is 2.31. The molecule has 0 bridgehead atoms. The Kier molecular flexibility index (Phi) is 5.77. The number of carbonyl (C=O) groups is 1. The summed E-state index contributed by atoms with van der Waals surface area (Å²) in [4.78, 5) is 19.7. The van der Waals surface area contributed by atoms with E-state index in [1.54, 1.807) is 11.3 Å². The smallest absolute Gasteiger partial charge is 0.227 e. The molecule has 2 aliphatic rings. The standard InChI is InChI=1S/C24H27N3O3S2/c1-16-2-7-21-22(14-16)31-24(26-21)18-3-5-19(6-4-18)25-23(28)17-8-11-27(12-9-17)20-10-13-32(29,30)15-20/h2-7,14,17,20H,8-13,15H2,1H3,(H,25,28)/t20-/m1/s1. The van der Waals surface area contributed by atoms with Gasteiger partial charge in [-0.3, -0.25) is 9.69 Å². The number of amides is 1. The van der Waals surface area contributed by atoms with Crippen LogP contribution in [-0.4, -0.2) is 54.8 Å². The van der Waals surface area contributed by atoms with Crippen LogP contribution < -0.4 is 5.32 Å². The molecule has 0 spiro atoms. The SMILES string of the molecule is Cc1ccc2nc(-c3ccc(NC(=O)C4CCN([C@@H]5CCS(=O)(=O)C5)CC4)cc3)sc2c1. The van der Waals surface area contributed by atoms with E-state index in [-0.39, 0.29) is 23.6 Å². The molecule has 2 aliphatic heterocycles. The summed E-state index contributed by atoms with van der Waals surface area (Å²) in [5.74, 6) is 0.582. The third-order valence-electron chi connectivity index (χ3n) is 6.57. The van der Waals surface area contributed by atoms with Crippen molar-refractivity contribution in [2.24, 2.45) is 5.92 Å². The Hall–Kier alpha value is -2.29. The average Bonchev–Trinajstić information content (AvgIpc) is 3.36. The Balaban J connectivity index is 1.18. The summed E-state index contributed by atoms with van der Waals surface area (Å²) in [6.07, 6.45) is 2.26. The van der Waals surface area contributed by atoms with Crippen molar-refractivity contribution in [3.8, 4) is 10.6 Å². The number of nitrogens with zero attached hydrogens (tertiary/aromatic N) is 2. The second-order valence-corrected chi connectivity index (χ2v) is 12.2. The van der Waals surface area contributed by atoms with Gasteiger partial charge in [0, 0.05) is 23.2 Å². The molecule has 0 aliphatic carbocycles. The van der Waals surface area contributed by atoms with E-state index in [9.17, 15) is 13.2 Å². The van der Waals surface area contributed by atoms with Gasteiger partial charge in [-0.1, -0.05) is 6.07 Å². The second kappa shape index (κ2) is 8.57. The number of rotatable bonds is 4. The first kappa shape index (κ1) is 21.6. The minimum atomic E-state index is -2.87. The highest BCUT2D eigenvalue weighted by molar-refractivity contribution is 7.91. The molecule has 8 heteroatoms. The lowest BCUT2D eigenvalue weighted by Gasteiger charge is -2.34. The number of benzene rings is 2. The molecule has 2 fully saturated rings. The Bertz CT molecular complexity index is 1240. The van der Waals surface area contributed by atoms with E-state index in [1.807, 2.05) is 24.3 Å². The van der Waals surface area contributed by atoms with Crippen LogP contribution in [0.2, 0.25) is 0 Å². The number of fused-ring (bicyclic) bond motifs is 1. The van der Waals surface area contributed by atoms with Gasteiger partial charge in [0.1, 0.15) is 5.01 Å². The number of piperidine rings is 1. The summed E-state index contributed by atoms with van der Waals surface area (Å²) in [7, 11) is -2.87. The number of aromatic nitrogens is 1. The van der Waals surface area contributed by atoms with Gasteiger partial charge in [-0.25, -0.2) is 13.4 Å². The molecule has 6 nitrogen and oxygen atoms in total. The predicted octanol–water partition coefficient (Wildman–Crippen LogP) is 4.11. The van der Waals surface area contributed by atoms with Gasteiger partial charge >= 0.3 is 0 Å². The van der Waals surface area contributed by atoms with Gasteiger partial charge in [0.2, 0.25) is 5.91 Å². The Morgan fingerprint density at radius 2 is 1.84 bits per heavy atom. The van der Waals surface area contributed by atoms with Crippen LogP contribution in [0.15, 0.2) is 42.5 Å². The maximum absolute atomic E-state index is 12.8. The first-order valence-corrected chi connectivity index (χ1v) is 13.7. The molecule has 1 aromatic heterocycles. The van der Waals surface area contributed by atoms with E-state index < -0.39 is 9.84 Å². The minimum Gasteiger partial charge on any atom is -0.326 e. The molecule has 32 heavy (non-hydrogen) atoms. The number of carbonyl (C=O) groups excluding carboxylic acids is 1. The van der Waals surface area contributed by atoms with Crippen LogP contribution >= 0.6 is 11.3 Å². The molecule has 0 radical (unpaired) electrons. The number of nitrogens with one attached hydrogen (secondary N) is 1. The summed E-state index contributed by atoms with van der Waals surface area (Å²) < 4.78 is 24.7. The zero-order valence-electron chi connectivity index (χ0n) is 18.1. The lowest BCUT2D eigenvalue weighted by molar-refractivity contribution is -0.121. The Morgan fingerprint density at radius 3 is 2.53 bits per heavy atom. The summed E-state index contributed by atoms with van der Waals surface area (Å²) in [6.45, 7) is 3.65. The molecule has 168 valence electrons. The topological polar surface area (TPSA) is 79.4 Å². The second-order valence-electron chi connectivity index (χ2n) is 8.92. The van der Waals surface area contributed by atoms with Crippen LogP contribution in [0.1, 0.15) is 24.8 Å². The van der Waals surface area contributed by atoms with E-state index in [2.05, 4.69) is 35.3 Å². The third kappa shape index (κ3) is 4.58. The summed E-state index contributed by atoms with van der Waals surface area (Å²) >= 11 is 1.68. The van der Waals surface area contributed by atoms with Crippen LogP contribution in [0.4, 0.5) is 5.69 Å². The lowest BCUT2D eigenvalue weighted by Crippen LogP contribution is -2.44. The number of aryl methyl sites for hydroxylation is 1. The number of hydrogen-bond donors (Lipinski definition) is 1. The zero-order valence-corrected chi connectivity index (χ0v) is 19.7. The molecule has 2 saturated heterocycles.